The highest BCUT2D eigenvalue weighted by Crippen LogP contribution is 2.35. The number of aromatic nitrogens is 3. The molecule has 0 aliphatic carbocycles. The van der Waals surface area contributed by atoms with Gasteiger partial charge < -0.3 is 4.74 Å². The van der Waals surface area contributed by atoms with Gasteiger partial charge in [-0.05, 0) is 13.0 Å². The van der Waals surface area contributed by atoms with E-state index in [1.807, 2.05) is 31.2 Å². The first-order chi connectivity index (χ1) is 10.2. The molecule has 3 aromatic rings. The average molecular weight is 323 g/mol. The highest BCUT2D eigenvalue weighted by Gasteiger charge is 2.18. The number of hydrogen-bond donors (Lipinski definition) is 2. The lowest BCUT2D eigenvalue weighted by atomic mass is 10.2. The molecule has 0 saturated heterocycles. The molecule has 6 nitrogen and oxygen atoms in total. The molecule has 3 rings (SSSR count). The summed E-state index contributed by atoms with van der Waals surface area (Å²) >= 11 is 7.58. The zero-order chi connectivity index (χ0) is 14.8. The van der Waals surface area contributed by atoms with Crippen LogP contribution in [0.5, 0.6) is 6.01 Å². The van der Waals surface area contributed by atoms with Crippen molar-refractivity contribution in [2.75, 3.05) is 11.9 Å². The summed E-state index contributed by atoms with van der Waals surface area (Å²) in [6.45, 7) is 2.28. The van der Waals surface area contributed by atoms with Crippen molar-refractivity contribution < 1.29 is 9.53 Å². The molecule has 0 bridgehead atoms. The Bertz CT molecular complexity index is 798. The summed E-state index contributed by atoms with van der Waals surface area (Å²) in [5.74, 6) is -0.114. The first-order valence-electron chi connectivity index (χ1n) is 6.22. The van der Waals surface area contributed by atoms with E-state index >= 15 is 0 Å². The van der Waals surface area contributed by atoms with Gasteiger partial charge in [0, 0.05) is 10.1 Å². The Kier molecular flexibility index (Phi) is 3.76. The van der Waals surface area contributed by atoms with Crippen molar-refractivity contribution in [2.45, 2.75) is 6.92 Å². The van der Waals surface area contributed by atoms with E-state index in [0.717, 1.165) is 10.1 Å². The fourth-order valence-corrected chi connectivity index (χ4v) is 3.23. The van der Waals surface area contributed by atoms with Crippen molar-refractivity contribution in [1.82, 2.24) is 15.2 Å². The van der Waals surface area contributed by atoms with Crippen LogP contribution in [0.15, 0.2) is 24.3 Å². The summed E-state index contributed by atoms with van der Waals surface area (Å²) < 4.78 is 6.08. The van der Waals surface area contributed by atoms with Crippen LogP contribution in [-0.4, -0.2) is 27.7 Å². The monoisotopic (exact) mass is 322 g/mol. The van der Waals surface area contributed by atoms with E-state index < -0.39 is 0 Å². The predicted octanol–water partition coefficient (Wildman–Crippen LogP) is 3.32. The van der Waals surface area contributed by atoms with Crippen LogP contribution >= 0.6 is 22.9 Å². The normalized spacial score (nSPS) is 10.8. The number of thiophene rings is 1. The third kappa shape index (κ3) is 2.70. The summed E-state index contributed by atoms with van der Waals surface area (Å²) in [6, 6.07) is 7.78. The Morgan fingerprint density at radius 1 is 1.48 bits per heavy atom. The molecule has 108 valence electrons. The first-order valence-corrected chi connectivity index (χ1v) is 7.42. The predicted molar refractivity (Wildman–Crippen MR) is 82.3 cm³/mol. The lowest BCUT2D eigenvalue weighted by Gasteiger charge is -1.98. The molecule has 0 radical (unpaired) electrons. The quantitative estimate of drug-likeness (QED) is 0.772. The molecule has 0 fully saturated rings. The number of amides is 1. The molecular formula is C13H11ClN4O2S. The summed E-state index contributed by atoms with van der Waals surface area (Å²) in [5.41, 5.74) is 0. The van der Waals surface area contributed by atoms with E-state index in [2.05, 4.69) is 20.5 Å². The SMILES string of the molecule is CCOc1n[nH]c(NC(=O)c2sc3ccccc3c2Cl)n1. The van der Waals surface area contributed by atoms with Crippen molar-refractivity contribution in [2.24, 2.45) is 0 Å². The summed E-state index contributed by atoms with van der Waals surface area (Å²) in [4.78, 5) is 16.7. The van der Waals surface area contributed by atoms with Crippen LogP contribution in [0.25, 0.3) is 10.1 Å². The van der Waals surface area contributed by atoms with Gasteiger partial charge >= 0.3 is 6.01 Å². The second kappa shape index (κ2) is 5.71. The molecule has 2 N–H and O–H groups in total. The summed E-state index contributed by atoms with van der Waals surface area (Å²) in [7, 11) is 0. The zero-order valence-electron chi connectivity index (χ0n) is 11.0. The van der Waals surface area contributed by atoms with Gasteiger partial charge in [0.1, 0.15) is 4.88 Å². The lowest BCUT2D eigenvalue weighted by molar-refractivity contribution is 0.103. The molecule has 0 aliphatic heterocycles. The van der Waals surface area contributed by atoms with Crippen LogP contribution in [0.2, 0.25) is 5.02 Å². The number of nitrogens with zero attached hydrogens (tertiary/aromatic N) is 2. The molecule has 0 saturated carbocycles. The van der Waals surface area contributed by atoms with E-state index in [1.165, 1.54) is 11.3 Å². The summed E-state index contributed by atoms with van der Waals surface area (Å²) in [5, 5.41) is 10.3. The van der Waals surface area contributed by atoms with Gasteiger partial charge in [-0.25, -0.2) is 5.10 Å². The van der Waals surface area contributed by atoms with Gasteiger partial charge in [-0.3, -0.25) is 10.1 Å². The number of ether oxygens (including phenoxy) is 1. The number of benzene rings is 1. The number of aromatic amines is 1. The fraction of sp³-hybridized carbons (Fsp3) is 0.154. The highest BCUT2D eigenvalue weighted by molar-refractivity contribution is 7.21. The molecule has 0 atom stereocenters. The van der Waals surface area contributed by atoms with Gasteiger partial charge in [0.15, 0.2) is 0 Å². The number of halogens is 1. The third-order valence-electron chi connectivity index (χ3n) is 2.71. The van der Waals surface area contributed by atoms with Gasteiger partial charge in [0.25, 0.3) is 5.91 Å². The minimum Gasteiger partial charge on any atom is -0.463 e. The molecule has 8 heteroatoms. The summed E-state index contributed by atoms with van der Waals surface area (Å²) in [6.07, 6.45) is 0. The topological polar surface area (TPSA) is 79.9 Å². The number of fused-ring (bicyclic) bond motifs is 1. The van der Waals surface area contributed by atoms with E-state index in [9.17, 15) is 4.79 Å². The van der Waals surface area contributed by atoms with Crippen LogP contribution < -0.4 is 10.1 Å². The number of H-pyrrole nitrogens is 1. The maximum absolute atomic E-state index is 12.3. The van der Waals surface area contributed by atoms with E-state index in [0.29, 0.717) is 16.5 Å². The zero-order valence-corrected chi connectivity index (χ0v) is 12.6. The van der Waals surface area contributed by atoms with E-state index in [1.54, 1.807) is 0 Å². The van der Waals surface area contributed by atoms with Gasteiger partial charge in [-0.1, -0.05) is 29.8 Å². The number of nitrogens with one attached hydrogen (secondary N) is 2. The number of carbonyl (C=O) groups is 1. The van der Waals surface area contributed by atoms with Crippen LogP contribution in [0.4, 0.5) is 5.95 Å². The van der Waals surface area contributed by atoms with Gasteiger partial charge in [-0.15, -0.1) is 16.4 Å². The largest absolute Gasteiger partial charge is 0.463 e. The van der Waals surface area contributed by atoms with Crippen molar-refractivity contribution in [3.05, 3.63) is 34.2 Å². The second-order valence-corrected chi connectivity index (χ2v) is 5.53. The Labute approximate surface area is 129 Å². The minimum atomic E-state index is -0.333. The van der Waals surface area contributed by atoms with Crippen molar-refractivity contribution >= 4 is 44.9 Å². The standard InChI is InChI=1S/C13H11ClN4O2S/c1-2-20-13-16-12(17-18-13)15-11(19)10-9(14)7-5-3-4-6-8(7)21-10/h3-6H,2H2,1H3,(H2,15,16,17,18,19). The Hall–Kier alpha value is -2.12. The average Bonchev–Trinajstić information content (AvgIpc) is 3.05. The third-order valence-corrected chi connectivity index (χ3v) is 4.39. The van der Waals surface area contributed by atoms with Crippen molar-refractivity contribution in [1.29, 1.82) is 0 Å². The minimum absolute atomic E-state index is 0.190. The molecule has 2 heterocycles. The van der Waals surface area contributed by atoms with Gasteiger partial charge in [-0.2, -0.15) is 4.98 Å². The maximum Gasteiger partial charge on any atom is 0.337 e. The van der Waals surface area contributed by atoms with Gasteiger partial charge in [0.05, 0.1) is 11.6 Å². The number of hydrogen-bond acceptors (Lipinski definition) is 5. The van der Waals surface area contributed by atoms with Crippen LogP contribution in [0, 0.1) is 0 Å². The molecule has 1 aromatic carbocycles. The molecule has 0 unspecified atom stereocenters. The molecular weight excluding hydrogens is 312 g/mol. The fourth-order valence-electron chi connectivity index (χ4n) is 1.82. The van der Waals surface area contributed by atoms with Crippen LogP contribution in [0.1, 0.15) is 16.6 Å². The van der Waals surface area contributed by atoms with E-state index in [4.69, 9.17) is 16.3 Å². The second-order valence-electron chi connectivity index (χ2n) is 4.10. The number of carbonyl (C=O) groups excluding carboxylic acids is 1. The number of rotatable bonds is 4. The van der Waals surface area contributed by atoms with Crippen molar-refractivity contribution in [3.63, 3.8) is 0 Å². The highest BCUT2D eigenvalue weighted by atomic mass is 35.5. The molecule has 0 aliphatic rings. The molecule has 21 heavy (non-hydrogen) atoms. The van der Waals surface area contributed by atoms with Crippen LogP contribution in [0.3, 0.4) is 0 Å². The smallest absolute Gasteiger partial charge is 0.337 e. The van der Waals surface area contributed by atoms with Crippen molar-refractivity contribution in [3.8, 4) is 6.01 Å². The molecule has 2 aromatic heterocycles. The number of anilines is 1. The molecule has 0 spiro atoms. The lowest BCUT2D eigenvalue weighted by Crippen LogP contribution is -2.11. The Balaban J connectivity index is 1.84. The van der Waals surface area contributed by atoms with Gasteiger partial charge in [0.2, 0.25) is 5.95 Å². The first kappa shape index (κ1) is 13.8. The van der Waals surface area contributed by atoms with E-state index in [-0.39, 0.29) is 17.9 Å². The molecule has 1 amide bonds. The Morgan fingerprint density at radius 2 is 2.29 bits per heavy atom. The maximum atomic E-state index is 12.3. The van der Waals surface area contributed by atoms with Crippen LogP contribution in [-0.2, 0) is 0 Å². The Morgan fingerprint density at radius 3 is 3.05 bits per heavy atom.